The largest absolute Gasteiger partial charge is 0.0786 e. The average Bonchev–Trinajstić information content (AvgIpc) is 2.39. The lowest BCUT2D eigenvalue weighted by atomic mass is 9.99. The Morgan fingerprint density at radius 3 is 1.71 bits per heavy atom. The highest BCUT2D eigenvalue weighted by molar-refractivity contribution is 9.09. The van der Waals surface area contributed by atoms with Gasteiger partial charge in [0.25, 0.3) is 0 Å². The summed E-state index contributed by atoms with van der Waals surface area (Å²) in [6, 6.07) is 19.4. The van der Waals surface area contributed by atoms with Crippen molar-refractivity contribution in [2.45, 2.75) is 24.6 Å². The fourth-order valence-electron chi connectivity index (χ4n) is 1.86. The first-order chi connectivity index (χ1) is 8.18. The molecule has 1 heteroatoms. The van der Waals surface area contributed by atoms with Crippen LogP contribution in [0.3, 0.4) is 0 Å². The predicted molar refractivity (Wildman–Crippen MR) is 77.7 cm³/mol. The van der Waals surface area contributed by atoms with E-state index in [-0.39, 0.29) is 4.83 Å². The van der Waals surface area contributed by atoms with Crippen molar-refractivity contribution in [3.05, 3.63) is 71.3 Å². The Kier molecular flexibility index (Phi) is 4.01. The molecule has 0 saturated heterocycles. The number of halogens is 1. The van der Waals surface area contributed by atoms with Crippen LogP contribution in [0.1, 0.15) is 41.3 Å². The van der Waals surface area contributed by atoms with Crippen LogP contribution >= 0.6 is 15.9 Å². The van der Waals surface area contributed by atoms with Crippen LogP contribution in [0.25, 0.3) is 0 Å². The summed E-state index contributed by atoms with van der Waals surface area (Å²) in [7, 11) is 0. The highest BCUT2D eigenvalue weighted by Crippen LogP contribution is 2.31. The molecule has 0 aromatic heterocycles. The van der Waals surface area contributed by atoms with E-state index < -0.39 is 0 Å². The van der Waals surface area contributed by atoms with E-state index in [4.69, 9.17) is 0 Å². The third-order valence-electron chi connectivity index (χ3n) is 2.99. The molecule has 0 bridgehead atoms. The third-order valence-corrected chi connectivity index (χ3v) is 4.05. The van der Waals surface area contributed by atoms with Gasteiger partial charge in [0, 0.05) is 0 Å². The Labute approximate surface area is 112 Å². The zero-order chi connectivity index (χ0) is 12.3. The van der Waals surface area contributed by atoms with E-state index in [0.29, 0.717) is 5.92 Å². The minimum Gasteiger partial charge on any atom is -0.0786 e. The molecule has 0 fully saturated rings. The summed E-state index contributed by atoms with van der Waals surface area (Å²) in [6.45, 7) is 4.44. The van der Waals surface area contributed by atoms with Crippen LogP contribution < -0.4 is 0 Å². The molecular weight excluding hydrogens is 272 g/mol. The molecular formula is C16H17Br. The molecule has 0 aliphatic rings. The lowest BCUT2D eigenvalue weighted by Gasteiger charge is -2.12. The van der Waals surface area contributed by atoms with Crippen molar-refractivity contribution in [2.24, 2.45) is 0 Å². The summed E-state index contributed by atoms with van der Waals surface area (Å²) in [5.74, 6) is 0.592. The van der Waals surface area contributed by atoms with Crippen LogP contribution in [-0.4, -0.2) is 0 Å². The zero-order valence-electron chi connectivity index (χ0n) is 10.2. The normalized spacial score (nSPS) is 12.7. The van der Waals surface area contributed by atoms with Crippen LogP contribution in [0.4, 0.5) is 0 Å². The molecule has 0 N–H and O–H groups in total. The Balaban J connectivity index is 2.23. The molecule has 2 aromatic carbocycles. The molecule has 2 rings (SSSR count). The fourth-order valence-corrected chi connectivity index (χ4v) is 2.47. The van der Waals surface area contributed by atoms with Gasteiger partial charge in [-0.15, -0.1) is 0 Å². The van der Waals surface area contributed by atoms with Crippen LogP contribution in [0.2, 0.25) is 0 Å². The van der Waals surface area contributed by atoms with Crippen molar-refractivity contribution in [3.63, 3.8) is 0 Å². The van der Waals surface area contributed by atoms with Crippen molar-refractivity contribution in [1.82, 2.24) is 0 Å². The van der Waals surface area contributed by atoms with Gasteiger partial charge in [0.1, 0.15) is 0 Å². The fraction of sp³-hybridized carbons (Fsp3) is 0.250. The van der Waals surface area contributed by atoms with Crippen molar-refractivity contribution in [2.75, 3.05) is 0 Å². The average molecular weight is 289 g/mol. The van der Waals surface area contributed by atoms with Crippen molar-refractivity contribution < 1.29 is 0 Å². The second-order valence-corrected chi connectivity index (χ2v) is 5.51. The Hall–Kier alpha value is -1.08. The Morgan fingerprint density at radius 1 is 0.706 bits per heavy atom. The van der Waals surface area contributed by atoms with Gasteiger partial charge in [-0.25, -0.2) is 0 Å². The molecule has 0 radical (unpaired) electrons. The second-order valence-electron chi connectivity index (χ2n) is 4.59. The molecule has 1 atom stereocenters. The maximum atomic E-state index is 3.76. The molecule has 2 aromatic rings. The first-order valence-corrected chi connectivity index (χ1v) is 6.89. The molecule has 1 unspecified atom stereocenters. The number of benzene rings is 2. The van der Waals surface area contributed by atoms with Gasteiger partial charge < -0.3 is 0 Å². The summed E-state index contributed by atoms with van der Waals surface area (Å²) in [5.41, 5.74) is 3.99. The van der Waals surface area contributed by atoms with Gasteiger partial charge in [-0.05, 0) is 22.6 Å². The van der Waals surface area contributed by atoms with Gasteiger partial charge in [0.15, 0.2) is 0 Å². The zero-order valence-corrected chi connectivity index (χ0v) is 11.8. The first kappa shape index (κ1) is 12.4. The Morgan fingerprint density at radius 2 is 1.18 bits per heavy atom. The number of hydrogen-bond acceptors (Lipinski definition) is 0. The number of hydrogen-bond donors (Lipinski definition) is 0. The quantitative estimate of drug-likeness (QED) is 0.673. The number of alkyl halides is 1. The van der Waals surface area contributed by atoms with Gasteiger partial charge in [0.2, 0.25) is 0 Å². The summed E-state index contributed by atoms with van der Waals surface area (Å²) in [5, 5.41) is 0. The van der Waals surface area contributed by atoms with Gasteiger partial charge >= 0.3 is 0 Å². The highest BCUT2D eigenvalue weighted by Gasteiger charge is 2.09. The first-order valence-electron chi connectivity index (χ1n) is 5.97. The summed E-state index contributed by atoms with van der Waals surface area (Å²) in [6.07, 6.45) is 0. The lowest BCUT2D eigenvalue weighted by Crippen LogP contribution is -1.93. The molecule has 0 amide bonds. The van der Waals surface area contributed by atoms with Gasteiger partial charge in [0.05, 0.1) is 4.83 Å². The second kappa shape index (κ2) is 5.50. The maximum absolute atomic E-state index is 3.76. The standard InChI is InChI=1S/C16H17Br/c1-12(2)13-8-10-15(11-9-13)16(17)14-6-4-3-5-7-14/h3-12,16H,1-2H3. The van der Waals surface area contributed by atoms with E-state index in [9.17, 15) is 0 Å². The SMILES string of the molecule is CC(C)c1ccc(C(Br)c2ccccc2)cc1. The molecule has 0 aliphatic carbocycles. The van der Waals surface area contributed by atoms with Gasteiger partial charge in [-0.2, -0.15) is 0 Å². The smallest absolute Gasteiger partial charge is 0.0644 e. The van der Waals surface area contributed by atoms with Gasteiger partial charge in [-0.1, -0.05) is 84.4 Å². The molecule has 0 nitrogen and oxygen atoms in total. The van der Waals surface area contributed by atoms with Crippen molar-refractivity contribution >= 4 is 15.9 Å². The summed E-state index contributed by atoms with van der Waals surface area (Å²) in [4.78, 5) is 0.282. The topological polar surface area (TPSA) is 0 Å². The highest BCUT2D eigenvalue weighted by atomic mass is 79.9. The molecule has 0 spiro atoms. The van der Waals surface area contributed by atoms with Crippen LogP contribution in [0, 0.1) is 0 Å². The predicted octanol–water partition coefficient (Wildman–Crippen LogP) is 5.29. The summed E-state index contributed by atoms with van der Waals surface area (Å²) < 4.78 is 0. The van der Waals surface area contributed by atoms with Gasteiger partial charge in [-0.3, -0.25) is 0 Å². The molecule has 0 saturated carbocycles. The van der Waals surface area contributed by atoms with Crippen molar-refractivity contribution in [1.29, 1.82) is 0 Å². The molecule has 0 heterocycles. The molecule has 17 heavy (non-hydrogen) atoms. The van der Waals surface area contributed by atoms with Crippen LogP contribution in [0.5, 0.6) is 0 Å². The van der Waals surface area contributed by atoms with Crippen LogP contribution in [-0.2, 0) is 0 Å². The maximum Gasteiger partial charge on any atom is 0.0644 e. The molecule has 88 valence electrons. The van der Waals surface area contributed by atoms with E-state index in [1.165, 1.54) is 16.7 Å². The lowest BCUT2D eigenvalue weighted by molar-refractivity contribution is 0.865. The van der Waals surface area contributed by atoms with E-state index in [1.54, 1.807) is 0 Å². The Bertz CT molecular complexity index is 457. The van der Waals surface area contributed by atoms with E-state index >= 15 is 0 Å². The van der Waals surface area contributed by atoms with E-state index in [0.717, 1.165) is 0 Å². The van der Waals surface area contributed by atoms with Crippen molar-refractivity contribution in [3.8, 4) is 0 Å². The minimum atomic E-state index is 0.282. The number of rotatable bonds is 3. The minimum absolute atomic E-state index is 0.282. The van der Waals surface area contributed by atoms with Crippen LogP contribution in [0.15, 0.2) is 54.6 Å². The van der Waals surface area contributed by atoms with E-state index in [2.05, 4.69) is 78.3 Å². The van der Waals surface area contributed by atoms with E-state index in [1.807, 2.05) is 6.07 Å². The summed E-state index contributed by atoms with van der Waals surface area (Å²) >= 11 is 3.76. The monoisotopic (exact) mass is 288 g/mol. The third kappa shape index (κ3) is 2.98. The molecule has 0 aliphatic heterocycles.